The number of halogens is 1. The number of nitrogens with one attached hydrogen (secondary N) is 3. The van der Waals surface area contributed by atoms with E-state index >= 15 is 4.39 Å². The Hall–Kier alpha value is -3.13. The van der Waals surface area contributed by atoms with Gasteiger partial charge in [0.2, 0.25) is 0 Å². The van der Waals surface area contributed by atoms with Crippen molar-refractivity contribution >= 4 is 22.6 Å². The Kier molecular flexibility index (Phi) is 5.85. The predicted molar refractivity (Wildman–Crippen MR) is 115 cm³/mol. The van der Waals surface area contributed by atoms with Gasteiger partial charge in [0.25, 0.3) is 5.91 Å². The number of methoxy groups -OCH3 is 1. The quantitative estimate of drug-likeness (QED) is 0.581. The van der Waals surface area contributed by atoms with E-state index in [0.29, 0.717) is 36.4 Å². The van der Waals surface area contributed by atoms with Crippen molar-refractivity contribution < 1.29 is 13.9 Å². The summed E-state index contributed by atoms with van der Waals surface area (Å²) < 4.78 is 20.4. The van der Waals surface area contributed by atoms with E-state index in [-0.39, 0.29) is 11.9 Å². The number of alkyl halides is 1. The molecule has 2 aromatic heterocycles. The van der Waals surface area contributed by atoms with E-state index in [4.69, 9.17) is 4.74 Å². The van der Waals surface area contributed by atoms with Crippen molar-refractivity contribution in [2.24, 2.45) is 0 Å². The number of likely N-dealkylation sites (tertiary alicyclic amines) is 1. The van der Waals surface area contributed by atoms with Crippen LogP contribution in [0.3, 0.4) is 0 Å². The molecule has 158 valence electrons. The van der Waals surface area contributed by atoms with E-state index in [0.717, 1.165) is 23.2 Å². The van der Waals surface area contributed by atoms with E-state index in [9.17, 15) is 4.79 Å². The second-order valence-corrected chi connectivity index (χ2v) is 7.51. The third-order valence-corrected chi connectivity index (χ3v) is 5.55. The van der Waals surface area contributed by atoms with Crippen LogP contribution in [0.2, 0.25) is 0 Å². The third-order valence-electron chi connectivity index (χ3n) is 5.55. The number of carbonyl (C=O) groups excluding carboxylic acids is 1. The second-order valence-electron chi connectivity index (χ2n) is 7.51. The highest BCUT2D eigenvalue weighted by Crippen LogP contribution is 2.29. The Morgan fingerprint density at radius 2 is 2.27 bits per heavy atom. The third kappa shape index (κ3) is 4.09. The van der Waals surface area contributed by atoms with Gasteiger partial charge in [0, 0.05) is 44.5 Å². The molecule has 3 N–H and O–H groups in total. The lowest BCUT2D eigenvalue weighted by Gasteiger charge is -2.36. The maximum Gasteiger partial charge on any atom is 0.254 e. The Balaban J connectivity index is 1.48. The molecule has 0 aliphatic carbocycles. The SMILES string of the molecule is CNC(=O)c1cnc2[nH]ccc2c1N[C@@H]1CCN(Cc2cccc(OC)c2)C[C@H]1F. The summed E-state index contributed by atoms with van der Waals surface area (Å²) in [5.74, 6) is 0.551. The Morgan fingerprint density at radius 1 is 1.40 bits per heavy atom. The van der Waals surface area contributed by atoms with Crippen molar-refractivity contribution in [3.8, 4) is 5.75 Å². The molecule has 0 unspecified atom stereocenters. The van der Waals surface area contributed by atoms with Crippen LogP contribution in [0.1, 0.15) is 22.3 Å². The van der Waals surface area contributed by atoms with Gasteiger partial charge in [-0.2, -0.15) is 0 Å². The minimum Gasteiger partial charge on any atom is -0.497 e. The summed E-state index contributed by atoms with van der Waals surface area (Å²) >= 11 is 0. The molecule has 3 heterocycles. The number of hydrogen-bond acceptors (Lipinski definition) is 5. The van der Waals surface area contributed by atoms with Crippen molar-refractivity contribution in [3.63, 3.8) is 0 Å². The number of carbonyl (C=O) groups is 1. The summed E-state index contributed by atoms with van der Waals surface area (Å²) in [6, 6.07) is 9.32. The number of aromatic amines is 1. The van der Waals surface area contributed by atoms with Crippen molar-refractivity contribution in [1.29, 1.82) is 0 Å². The first-order valence-electron chi connectivity index (χ1n) is 10.0. The number of pyridine rings is 1. The number of fused-ring (bicyclic) bond motifs is 1. The molecular formula is C22H26FN5O2. The normalized spacial score (nSPS) is 19.6. The first-order valence-corrected chi connectivity index (χ1v) is 10.0. The molecule has 3 aromatic rings. The smallest absolute Gasteiger partial charge is 0.254 e. The molecule has 1 fully saturated rings. The summed E-state index contributed by atoms with van der Waals surface area (Å²) in [6.07, 6.45) is 2.85. The fraction of sp³-hybridized carbons (Fsp3) is 0.364. The van der Waals surface area contributed by atoms with Crippen molar-refractivity contribution in [1.82, 2.24) is 20.2 Å². The summed E-state index contributed by atoms with van der Waals surface area (Å²) in [5.41, 5.74) is 2.79. The summed E-state index contributed by atoms with van der Waals surface area (Å²) in [6.45, 7) is 1.75. The standard InChI is InChI=1S/C22H26FN5O2/c1-24-22(29)17-11-26-21-16(6-8-25-21)20(17)27-19-7-9-28(13-18(19)23)12-14-4-3-5-15(10-14)30-2/h3-6,8,10-11,18-19H,7,9,12-13H2,1-2H3,(H,24,29)(H2,25,26,27)/t18-,19-/m1/s1. The number of aromatic nitrogens is 2. The Labute approximate surface area is 174 Å². The molecule has 1 amide bonds. The highest BCUT2D eigenvalue weighted by molar-refractivity contribution is 6.06. The van der Waals surface area contributed by atoms with Gasteiger partial charge in [-0.25, -0.2) is 9.37 Å². The van der Waals surface area contributed by atoms with Gasteiger partial charge in [-0.15, -0.1) is 0 Å². The molecule has 2 atom stereocenters. The van der Waals surface area contributed by atoms with Crippen molar-refractivity contribution in [2.75, 3.05) is 32.6 Å². The second kappa shape index (κ2) is 8.71. The molecule has 1 aliphatic heterocycles. The number of H-pyrrole nitrogens is 1. The molecule has 0 bridgehead atoms. The number of amides is 1. The van der Waals surface area contributed by atoms with E-state index in [1.54, 1.807) is 20.4 Å². The first-order chi connectivity index (χ1) is 14.6. The molecule has 0 spiro atoms. The molecule has 1 saturated heterocycles. The Morgan fingerprint density at radius 3 is 3.03 bits per heavy atom. The van der Waals surface area contributed by atoms with Gasteiger partial charge in [0.1, 0.15) is 17.6 Å². The van der Waals surface area contributed by atoms with E-state index in [2.05, 4.69) is 25.5 Å². The Bertz CT molecular complexity index is 1040. The largest absolute Gasteiger partial charge is 0.497 e. The zero-order valence-electron chi connectivity index (χ0n) is 17.1. The molecule has 8 heteroatoms. The van der Waals surface area contributed by atoms with Crippen LogP contribution >= 0.6 is 0 Å². The van der Waals surface area contributed by atoms with Gasteiger partial charge in [0.05, 0.1) is 24.4 Å². The molecule has 1 aliphatic rings. The number of ether oxygens (including phenoxy) is 1. The minimum absolute atomic E-state index is 0.251. The average Bonchev–Trinajstić information content (AvgIpc) is 3.24. The van der Waals surface area contributed by atoms with Gasteiger partial charge >= 0.3 is 0 Å². The van der Waals surface area contributed by atoms with Gasteiger partial charge in [-0.05, 0) is 30.2 Å². The molecule has 0 saturated carbocycles. The number of rotatable bonds is 6. The first kappa shape index (κ1) is 20.2. The average molecular weight is 411 g/mol. The molecule has 0 radical (unpaired) electrons. The number of benzene rings is 1. The maximum atomic E-state index is 15.1. The molecule has 4 rings (SSSR count). The molecule has 30 heavy (non-hydrogen) atoms. The fourth-order valence-corrected chi connectivity index (χ4v) is 3.96. The number of hydrogen-bond donors (Lipinski definition) is 3. The topological polar surface area (TPSA) is 82.3 Å². The lowest BCUT2D eigenvalue weighted by atomic mass is 10.0. The fourth-order valence-electron chi connectivity index (χ4n) is 3.96. The van der Waals surface area contributed by atoms with Crippen molar-refractivity contribution in [3.05, 3.63) is 53.9 Å². The van der Waals surface area contributed by atoms with Crippen LogP contribution in [0.4, 0.5) is 10.1 Å². The van der Waals surface area contributed by atoms with Crippen LogP contribution in [0.25, 0.3) is 11.0 Å². The van der Waals surface area contributed by atoms with Crippen LogP contribution in [-0.2, 0) is 6.54 Å². The minimum atomic E-state index is -1.07. The van der Waals surface area contributed by atoms with Crippen LogP contribution in [-0.4, -0.2) is 60.2 Å². The monoisotopic (exact) mass is 411 g/mol. The zero-order valence-corrected chi connectivity index (χ0v) is 17.1. The van der Waals surface area contributed by atoms with Crippen LogP contribution in [0, 0.1) is 0 Å². The van der Waals surface area contributed by atoms with E-state index in [1.807, 2.05) is 30.3 Å². The van der Waals surface area contributed by atoms with Gasteiger partial charge in [-0.3, -0.25) is 9.69 Å². The highest BCUT2D eigenvalue weighted by atomic mass is 19.1. The molecular weight excluding hydrogens is 385 g/mol. The van der Waals surface area contributed by atoms with Crippen molar-refractivity contribution in [2.45, 2.75) is 25.2 Å². The lowest BCUT2D eigenvalue weighted by molar-refractivity contribution is 0.0962. The summed E-state index contributed by atoms with van der Waals surface area (Å²) in [5, 5.41) is 6.71. The zero-order chi connectivity index (χ0) is 21.1. The maximum absolute atomic E-state index is 15.1. The highest BCUT2D eigenvalue weighted by Gasteiger charge is 2.30. The van der Waals surface area contributed by atoms with Crippen LogP contribution < -0.4 is 15.4 Å². The molecule has 7 nitrogen and oxygen atoms in total. The van der Waals surface area contributed by atoms with Gasteiger partial charge in [-0.1, -0.05) is 12.1 Å². The van der Waals surface area contributed by atoms with Crippen LogP contribution in [0.5, 0.6) is 5.75 Å². The number of nitrogens with zero attached hydrogens (tertiary/aromatic N) is 2. The number of anilines is 1. The van der Waals surface area contributed by atoms with Gasteiger partial charge in [0.15, 0.2) is 0 Å². The van der Waals surface area contributed by atoms with E-state index in [1.165, 1.54) is 6.20 Å². The number of piperidine rings is 1. The van der Waals surface area contributed by atoms with E-state index < -0.39 is 6.17 Å². The lowest BCUT2D eigenvalue weighted by Crippen LogP contribution is -2.47. The molecule has 1 aromatic carbocycles. The summed E-state index contributed by atoms with van der Waals surface area (Å²) in [4.78, 5) is 21.8. The summed E-state index contributed by atoms with van der Waals surface area (Å²) in [7, 11) is 3.21. The van der Waals surface area contributed by atoms with Crippen LogP contribution in [0.15, 0.2) is 42.7 Å². The predicted octanol–water partition coefficient (Wildman–Crippen LogP) is 2.96. The van der Waals surface area contributed by atoms with Gasteiger partial charge < -0.3 is 20.4 Å².